The van der Waals surface area contributed by atoms with Crippen LogP contribution in [0.5, 0.6) is 0 Å². The molecule has 1 N–H and O–H groups in total. The first-order chi connectivity index (χ1) is 10.1. The van der Waals surface area contributed by atoms with Gasteiger partial charge in [-0.15, -0.1) is 0 Å². The predicted molar refractivity (Wildman–Crippen MR) is 81.0 cm³/mol. The van der Waals surface area contributed by atoms with E-state index in [1.54, 1.807) is 4.90 Å². The average Bonchev–Trinajstić information content (AvgIpc) is 3.01. The minimum atomic E-state index is -0.761. The lowest BCUT2D eigenvalue weighted by Crippen LogP contribution is -2.32. The van der Waals surface area contributed by atoms with Crippen LogP contribution in [0, 0.1) is 11.8 Å². The number of hydrogen-bond donors (Lipinski definition) is 1. The highest BCUT2D eigenvalue weighted by Crippen LogP contribution is 2.37. The lowest BCUT2D eigenvalue weighted by atomic mass is 10.0. The third-order valence-electron chi connectivity index (χ3n) is 5.00. The van der Waals surface area contributed by atoms with Crippen LogP contribution in [0.25, 0.3) is 0 Å². The second-order valence-electron chi connectivity index (χ2n) is 6.63. The van der Waals surface area contributed by atoms with Crippen molar-refractivity contribution in [2.75, 3.05) is 33.2 Å². The van der Waals surface area contributed by atoms with Gasteiger partial charge in [0.25, 0.3) is 0 Å². The Morgan fingerprint density at radius 2 is 1.81 bits per heavy atom. The van der Waals surface area contributed by atoms with Gasteiger partial charge >= 0.3 is 5.97 Å². The number of hydrogen-bond acceptors (Lipinski definition) is 3. The van der Waals surface area contributed by atoms with Crippen molar-refractivity contribution in [2.24, 2.45) is 11.8 Å². The number of rotatable bonds is 8. The summed E-state index contributed by atoms with van der Waals surface area (Å²) in [6.07, 6.45) is 6.33. The zero-order chi connectivity index (χ0) is 15.2. The molecule has 1 aliphatic heterocycles. The minimum Gasteiger partial charge on any atom is -0.481 e. The summed E-state index contributed by atoms with van der Waals surface area (Å²) in [4.78, 5) is 26.7. The topological polar surface area (TPSA) is 60.9 Å². The summed E-state index contributed by atoms with van der Waals surface area (Å²) in [5, 5.41) is 8.58. The number of carboxylic acid groups (broad SMARTS) is 1. The number of carbonyl (C=O) groups excluding carboxylic acids is 1. The molecule has 1 saturated carbocycles. The first-order valence-corrected chi connectivity index (χ1v) is 8.24. The fourth-order valence-corrected chi connectivity index (χ4v) is 3.71. The molecule has 0 spiro atoms. The summed E-state index contributed by atoms with van der Waals surface area (Å²) >= 11 is 0. The number of aliphatic carboxylic acids is 1. The monoisotopic (exact) mass is 296 g/mol. The zero-order valence-electron chi connectivity index (χ0n) is 13.1. The standard InChI is InChI=1S/C16H28N2O3/c1-17(9-3-2-7-16(20)21)15(19)8-10-18-11-13-5-4-6-14(13)12-18/h13-14H,2-12H2,1H3,(H,20,21). The normalized spacial score (nSPS) is 25.0. The summed E-state index contributed by atoms with van der Waals surface area (Å²) in [6.45, 7) is 3.91. The van der Waals surface area contributed by atoms with E-state index in [-0.39, 0.29) is 12.3 Å². The summed E-state index contributed by atoms with van der Waals surface area (Å²) < 4.78 is 0. The second kappa shape index (κ2) is 7.78. The molecular formula is C16H28N2O3. The van der Waals surface area contributed by atoms with Crippen LogP contribution in [0.3, 0.4) is 0 Å². The molecule has 0 bridgehead atoms. The Bertz CT molecular complexity index is 361. The molecule has 0 aromatic carbocycles. The molecule has 21 heavy (non-hydrogen) atoms. The molecular weight excluding hydrogens is 268 g/mol. The molecule has 1 aliphatic carbocycles. The summed E-state index contributed by atoms with van der Waals surface area (Å²) in [7, 11) is 1.82. The quantitative estimate of drug-likeness (QED) is 0.694. The van der Waals surface area contributed by atoms with E-state index >= 15 is 0 Å². The van der Waals surface area contributed by atoms with E-state index in [2.05, 4.69) is 4.90 Å². The van der Waals surface area contributed by atoms with Gasteiger partial charge in [0.15, 0.2) is 0 Å². The number of carbonyl (C=O) groups is 2. The molecule has 5 heteroatoms. The molecule has 2 unspecified atom stereocenters. The highest BCUT2D eigenvalue weighted by molar-refractivity contribution is 5.76. The Balaban J connectivity index is 1.57. The SMILES string of the molecule is CN(CCCCC(=O)O)C(=O)CCN1CC2CCCC2C1. The molecule has 2 aliphatic rings. The molecule has 2 fully saturated rings. The van der Waals surface area contributed by atoms with Crippen LogP contribution >= 0.6 is 0 Å². The molecule has 0 radical (unpaired) electrons. The zero-order valence-corrected chi connectivity index (χ0v) is 13.1. The molecule has 2 rings (SSSR count). The maximum atomic E-state index is 12.1. The molecule has 120 valence electrons. The smallest absolute Gasteiger partial charge is 0.303 e. The predicted octanol–water partition coefficient (Wildman–Crippen LogP) is 1.82. The summed E-state index contributed by atoms with van der Waals surface area (Å²) in [5.74, 6) is 1.19. The van der Waals surface area contributed by atoms with Crippen LogP contribution in [-0.4, -0.2) is 60.0 Å². The molecule has 5 nitrogen and oxygen atoms in total. The number of carboxylic acids is 1. The Hall–Kier alpha value is -1.10. The number of unbranched alkanes of at least 4 members (excludes halogenated alkanes) is 1. The largest absolute Gasteiger partial charge is 0.481 e. The molecule has 1 heterocycles. The number of fused-ring (bicyclic) bond motifs is 1. The van der Waals surface area contributed by atoms with E-state index < -0.39 is 5.97 Å². The van der Waals surface area contributed by atoms with Crippen LogP contribution in [0.2, 0.25) is 0 Å². The van der Waals surface area contributed by atoms with Crippen LogP contribution in [0.15, 0.2) is 0 Å². The Morgan fingerprint density at radius 3 is 2.43 bits per heavy atom. The first kappa shape index (κ1) is 16.3. The van der Waals surface area contributed by atoms with E-state index in [1.807, 2.05) is 7.05 Å². The minimum absolute atomic E-state index is 0.183. The van der Waals surface area contributed by atoms with Gasteiger partial charge in [0.05, 0.1) is 0 Å². The Morgan fingerprint density at radius 1 is 1.14 bits per heavy atom. The maximum Gasteiger partial charge on any atom is 0.303 e. The fourth-order valence-electron chi connectivity index (χ4n) is 3.71. The van der Waals surface area contributed by atoms with E-state index in [4.69, 9.17) is 5.11 Å². The maximum absolute atomic E-state index is 12.1. The van der Waals surface area contributed by atoms with Crippen molar-refractivity contribution in [3.05, 3.63) is 0 Å². The van der Waals surface area contributed by atoms with Crippen molar-refractivity contribution in [1.82, 2.24) is 9.80 Å². The molecule has 1 amide bonds. The number of likely N-dealkylation sites (tertiary alicyclic amines) is 1. The van der Waals surface area contributed by atoms with Crippen molar-refractivity contribution >= 4 is 11.9 Å². The average molecular weight is 296 g/mol. The molecule has 0 aromatic heterocycles. The van der Waals surface area contributed by atoms with Gasteiger partial charge in [-0.2, -0.15) is 0 Å². The van der Waals surface area contributed by atoms with Gasteiger partial charge < -0.3 is 14.9 Å². The number of amides is 1. The molecule has 2 atom stereocenters. The Labute approximate surface area is 127 Å². The lowest BCUT2D eigenvalue weighted by molar-refractivity contribution is -0.137. The Kier molecular flexibility index (Phi) is 6.03. The number of nitrogens with zero attached hydrogens (tertiary/aromatic N) is 2. The van der Waals surface area contributed by atoms with Crippen molar-refractivity contribution in [1.29, 1.82) is 0 Å². The molecule has 0 aromatic rings. The fraction of sp³-hybridized carbons (Fsp3) is 0.875. The van der Waals surface area contributed by atoms with Crippen LogP contribution in [0.4, 0.5) is 0 Å². The van der Waals surface area contributed by atoms with Crippen LogP contribution in [0.1, 0.15) is 44.9 Å². The third kappa shape index (κ3) is 4.99. The highest BCUT2D eigenvalue weighted by atomic mass is 16.4. The van der Waals surface area contributed by atoms with Crippen molar-refractivity contribution in [3.63, 3.8) is 0 Å². The third-order valence-corrected chi connectivity index (χ3v) is 5.00. The van der Waals surface area contributed by atoms with E-state index in [0.717, 1.165) is 24.8 Å². The van der Waals surface area contributed by atoms with Gasteiger partial charge in [-0.25, -0.2) is 0 Å². The van der Waals surface area contributed by atoms with E-state index in [9.17, 15) is 9.59 Å². The van der Waals surface area contributed by atoms with Gasteiger partial charge in [-0.05, 0) is 37.5 Å². The van der Waals surface area contributed by atoms with Gasteiger partial charge in [0.2, 0.25) is 5.91 Å². The summed E-state index contributed by atoms with van der Waals surface area (Å²) in [5.41, 5.74) is 0. The van der Waals surface area contributed by atoms with Gasteiger partial charge in [0, 0.05) is 46.1 Å². The summed E-state index contributed by atoms with van der Waals surface area (Å²) in [6, 6.07) is 0. The van der Waals surface area contributed by atoms with Crippen molar-refractivity contribution < 1.29 is 14.7 Å². The highest BCUT2D eigenvalue weighted by Gasteiger charge is 2.35. The van der Waals surface area contributed by atoms with Crippen molar-refractivity contribution in [2.45, 2.75) is 44.9 Å². The van der Waals surface area contributed by atoms with Crippen molar-refractivity contribution in [3.8, 4) is 0 Å². The van der Waals surface area contributed by atoms with Gasteiger partial charge in [-0.1, -0.05) is 6.42 Å². The van der Waals surface area contributed by atoms with Crippen LogP contribution in [-0.2, 0) is 9.59 Å². The second-order valence-corrected chi connectivity index (χ2v) is 6.63. The van der Waals surface area contributed by atoms with Crippen LogP contribution < -0.4 is 0 Å². The lowest BCUT2D eigenvalue weighted by Gasteiger charge is -2.20. The van der Waals surface area contributed by atoms with E-state index in [1.165, 1.54) is 32.4 Å². The van der Waals surface area contributed by atoms with Gasteiger partial charge in [0.1, 0.15) is 0 Å². The van der Waals surface area contributed by atoms with E-state index in [0.29, 0.717) is 19.4 Å². The molecule has 1 saturated heterocycles. The first-order valence-electron chi connectivity index (χ1n) is 8.24. The van der Waals surface area contributed by atoms with Gasteiger partial charge in [-0.3, -0.25) is 9.59 Å².